The molecule has 0 aromatic rings. The van der Waals surface area contributed by atoms with Gasteiger partial charge in [-0.3, -0.25) is 24.0 Å². The van der Waals surface area contributed by atoms with Crippen molar-refractivity contribution < 1.29 is 39.0 Å². The second kappa shape index (κ2) is 15.6. The Labute approximate surface area is 204 Å². The van der Waals surface area contributed by atoms with Crippen LogP contribution in [-0.4, -0.2) is 69.9 Å². The van der Waals surface area contributed by atoms with Crippen molar-refractivity contribution in [3.8, 4) is 0 Å². The number of hydrogen-bond acceptors (Lipinski definition) is 7. The van der Waals surface area contributed by atoms with Crippen molar-refractivity contribution in [1.29, 1.82) is 0 Å². The summed E-state index contributed by atoms with van der Waals surface area (Å²) in [6.07, 6.45) is -0.211. The Bertz CT molecular complexity index is 773. The molecule has 0 bridgehead atoms. The Kier molecular flexibility index (Phi) is 14.2. The standard InChI is InChI=1S/C22H39N5O8/c1-5-12(4)18(27-19(31)13(23)6-8-16(24)28)21(33)26-15(10-11(2)3)20(32)25-14(22(34)35)7-9-17(29)30/h11-15,18H,5-10,23H2,1-4H3,(H2,24,28)(H,25,32)(H,26,33)(H,27,31)(H,29,30)(H,34,35). The van der Waals surface area contributed by atoms with Gasteiger partial charge in [0.15, 0.2) is 0 Å². The lowest BCUT2D eigenvalue weighted by molar-refractivity contribution is -0.143. The largest absolute Gasteiger partial charge is 0.481 e. The number of rotatable bonds is 17. The van der Waals surface area contributed by atoms with Crippen LogP contribution in [-0.2, 0) is 28.8 Å². The number of carbonyl (C=O) groups is 6. The van der Waals surface area contributed by atoms with Crippen LogP contribution in [0.4, 0.5) is 0 Å². The Morgan fingerprint density at radius 3 is 1.83 bits per heavy atom. The lowest BCUT2D eigenvalue weighted by Crippen LogP contribution is -2.58. The summed E-state index contributed by atoms with van der Waals surface area (Å²) in [4.78, 5) is 71.6. The van der Waals surface area contributed by atoms with Gasteiger partial charge in [0.2, 0.25) is 23.6 Å². The molecule has 0 fully saturated rings. The summed E-state index contributed by atoms with van der Waals surface area (Å²) in [7, 11) is 0. The molecule has 0 saturated carbocycles. The molecule has 200 valence electrons. The first-order valence-electron chi connectivity index (χ1n) is 11.6. The quantitative estimate of drug-likeness (QED) is 0.130. The average Bonchev–Trinajstić information content (AvgIpc) is 2.76. The lowest BCUT2D eigenvalue weighted by atomic mass is 9.96. The minimum atomic E-state index is -1.45. The number of carboxylic acids is 2. The number of hydrogen-bond donors (Lipinski definition) is 7. The highest BCUT2D eigenvalue weighted by atomic mass is 16.4. The summed E-state index contributed by atoms with van der Waals surface area (Å²) in [5, 5.41) is 25.5. The third-order valence-corrected chi connectivity index (χ3v) is 5.43. The molecule has 0 aliphatic carbocycles. The highest BCUT2D eigenvalue weighted by Gasteiger charge is 2.32. The molecule has 35 heavy (non-hydrogen) atoms. The van der Waals surface area contributed by atoms with Crippen LogP contribution in [0.2, 0.25) is 0 Å². The Balaban J connectivity index is 5.54. The van der Waals surface area contributed by atoms with E-state index in [0.29, 0.717) is 6.42 Å². The third kappa shape index (κ3) is 12.7. The highest BCUT2D eigenvalue weighted by Crippen LogP contribution is 2.12. The fourth-order valence-corrected chi connectivity index (χ4v) is 3.15. The number of aliphatic carboxylic acids is 2. The molecular formula is C22H39N5O8. The summed E-state index contributed by atoms with van der Waals surface area (Å²) < 4.78 is 0. The van der Waals surface area contributed by atoms with Gasteiger partial charge in [-0.25, -0.2) is 4.79 Å². The summed E-state index contributed by atoms with van der Waals surface area (Å²) in [6.45, 7) is 7.14. The van der Waals surface area contributed by atoms with Gasteiger partial charge < -0.3 is 37.6 Å². The minimum Gasteiger partial charge on any atom is -0.481 e. The maximum atomic E-state index is 13.1. The van der Waals surface area contributed by atoms with Crippen molar-refractivity contribution in [3.05, 3.63) is 0 Å². The van der Waals surface area contributed by atoms with Crippen LogP contribution >= 0.6 is 0 Å². The van der Waals surface area contributed by atoms with E-state index in [2.05, 4.69) is 16.0 Å². The van der Waals surface area contributed by atoms with Crippen molar-refractivity contribution in [2.75, 3.05) is 0 Å². The lowest BCUT2D eigenvalue weighted by Gasteiger charge is -2.28. The van der Waals surface area contributed by atoms with Gasteiger partial charge in [-0.15, -0.1) is 0 Å². The van der Waals surface area contributed by atoms with E-state index in [1.165, 1.54) is 0 Å². The van der Waals surface area contributed by atoms with E-state index in [1.807, 2.05) is 6.92 Å². The van der Waals surface area contributed by atoms with Crippen molar-refractivity contribution in [2.24, 2.45) is 23.3 Å². The van der Waals surface area contributed by atoms with Gasteiger partial charge in [0.25, 0.3) is 0 Å². The first-order chi connectivity index (χ1) is 16.2. The van der Waals surface area contributed by atoms with E-state index in [4.69, 9.17) is 16.6 Å². The summed E-state index contributed by atoms with van der Waals surface area (Å²) in [6, 6.07) is -4.68. The van der Waals surface area contributed by atoms with Crippen LogP contribution in [0.15, 0.2) is 0 Å². The van der Waals surface area contributed by atoms with Crippen LogP contribution in [0, 0.1) is 11.8 Å². The second-order valence-corrected chi connectivity index (χ2v) is 9.01. The zero-order chi connectivity index (χ0) is 27.3. The maximum absolute atomic E-state index is 13.1. The predicted molar refractivity (Wildman–Crippen MR) is 126 cm³/mol. The van der Waals surface area contributed by atoms with Gasteiger partial charge in [-0.05, 0) is 31.1 Å². The van der Waals surface area contributed by atoms with E-state index in [9.17, 15) is 33.9 Å². The fraction of sp³-hybridized carbons (Fsp3) is 0.727. The number of carbonyl (C=O) groups excluding carboxylic acids is 4. The first kappa shape index (κ1) is 31.8. The predicted octanol–water partition coefficient (Wildman–Crippen LogP) is -0.925. The molecule has 13 nitrogen and oxygen atoms in total. The van der Waals surface area contributed by atoms with Crippen molar-refractivity contribution >= 4 is 35.6 Å². The second-order valence-electron chi connectivity index (χ2n) is 9.01. The van der Waals surface area contributed by atoms with Crippen molar-refractivity contribution in [2.45, 2.75) is 90.4 Å². The van der Waals surface area contributed by atoms with E-state index in [0.717, 1.165) is 0 Å². The van der Waals surface area contributed by atoms with E-state index in [-0.39, 0.29) is 37.5 Å². The summed E-state index contributed by atoms with van der Waals surface area (Å²) in [5.41, 5.74) is 10.9. The topological polar surface area (TPSA) is 231 Å². The third-order valence-electron chi connectivity index (χ3n) is 5.43. The van der Waals surface area contributed by atoms with Gasteiger partial charge in [-0.1, -0.05) is 34.1 Å². The van der Waals surface area contributed by atoms with Gasteiger partial charge in [0, 0.05) is 12.8 Å². The molecule has 0 radical (unpaired) electrons. The number of primary amides is 1. The molecule has 5 unspecified atom stereocenters. The molecule has 0 aliphatic heterocycles. The van der Waals surface area contributed by atoms with Gasteiger partial charge in [0.1, 0.15) is 18.1 Å². The molecule has 0 aromatic carbocycles. The van der Waals surface area contributed by atoms with Gasteiger partial charge in [-0.2, -0.15) is 0 Å². The van der Waals surface area contributed by atoms with E-state index >= 15 is 0 Å². The number of carboxylic acid groups (broad SMARTS) is 2. The number of nitrogens with two attached hydrogens (primary N) is 2. The molecule has 0 heterocycles. The van der Waals surface area contributed by atoms with Crippen LogP contribution in [0.25, 0.3) is 0 Å². The zero-order valence-electron chi connectivity index (χ0n) is 20.7. The number of nitrogens with one attached hydrogen (secondary N) is 3. The fourth-order valence-electron chi connectivity index (χ4n) is 3.15. The average molecular weight is 502 g/mol. The summed E-state index contributed by atoms with van der Waals surface area (Å²) >= 11 is 0. The molecular weight excluding hydrogens is 462 g/mol. The van der Waals surface area contributed by atoms with E-state index in [1.54, 1.807) is 20.8 Å². The van der Waals surface area contributed by atoms with Crippen molar-refractivity contribution in [3.63, 3.8) is 0 Å². The van der Waals surface area contributed by atoms with Gasteiger partial charge in [0.05, 0.1) is 6.04 Å². The van der Waals surface area contributed by atoms with Crippen molar-refractivity contribution in [1.82, 2.24) is 16.0 Å². The normalized spacial score (nSPS) is 15.3. The van der Waals surface area contributed by atoms with Crippen LogP contribution < -0.4 is 27.4 Å². The zero-order valence-corrected chi connectivity index (χ0v) is 20.7. The smallest absolute Gasteiger partial charge is 0.326 e. The monoisotopic (exact) mass is 501 g/mol. The molecule has 0 aliphatic rings. The molecule has 0 saturated heterocycles. The molecule has 5 atom stereocenters. The Hall–Kier alpha value is -3.22. The molecule has 9 N–H and O–H groups in total. The molecule has 13 heteroatoms. The molecule has 0 aromatic heterocycles. The highest BCUT2D eigenvalue weighted by molar-refractivity contribution is 5.94. The number of amides is 4. The SMILES string of the molecule is CCC(C)C(NC(=O)C(N)CCC(N)=O)C(=O)NC(CC(C)C)C(=O)NC(CCC(=O)O)C(=O)O. The first-order valence-corrected chi connectivity index (χ1v) is 11.6. The maximum Gasteiger partial charge on any atom is 0.326 e. The van der Waals surface area contributed by atoms with Gasteiger partial charge >= 0.3 is 11.9 Å². The van der Waals surface area contributed by atoms with Crippen LogP contribution in [0.3, 0.4) is 0 Å². The van der Waals surface area contributed by atoms with Crippen LogP contribution in [0.5, 0.6) is 0 Å². The molecule has 0 spiro atoms. The molecule has 0 rings (SSSR count). The summed E-state index contributed by atoms with van der Waals surface area (Å²) in [5.74, 6) is -5.72. The van der Waals surface area contributed by atoms with Crippen LogP contribution in [0.1, 0.15) is 66.2 Å². The minimum absolute atomic E-state index is 0.00130. The Morgan fingerprint density at radius 1 is 0.800 bits per heavy atom. The Morgan fingerprint density at radius 2 is 1.37 bits per heavy atom. The van der Waals surface area contributed by atoms with E-state index < -0.39 is 66.2 Å². The molecule has 4 amide bonds.